The van der Waals surface area contributed by atoms with Crippen molar-refractivity contribution >= 4 is 17.2 Å². The SMILES string of the molecule is O=C(NC1(CO)CC1)c1sccc1-n1cnnn1. The Kier molecular flexibility index (Phi) is 2.60. The Morgan fingerprint density at radius 3 is 3.06 bits per heavy atom. The summed E-state index contributed by atoms with van der Waals surface area (Å²) in [6.45, 7) is -0.0235. The van der Waals surface area contributed by atoms with Crippen molar-refractivity contribution in [3.05, 3.63) is 22.7 Å². The number of aliphatic hydroxyl groups excluding tert-OH is 1. The third-order valence-corrected chi connectivity index (χ3v) is 3.88. The van der Waals surface area contributed by atoms with Gasteiger partial charge in [0.2, 0.25) is 0 Å². The van der Waals surface area contributed by atoms with Crippen molar-refractivity contribution in [1.29, 1.82) is 0 Å². The van der Waals surface area contributed by atoms with Gasteiger partial charge in [-0.1, -0.05) is 0 Å². The predicted octanol–water partition coefficient (Wildman–Crippen LogP) is -0.0215. The highest BCUT2D eigenvalue weighted by Gasteiger charge is 2.44. The molecule has 94 valence electrons. The van der Waals surface area contributed by atoms with E-state index in [1.165, 1.54) is 22.3 Å². The second-order valence-electron chi connectivity index (χ2n) is 4.28. The molecule has 2 aromatic rings. The van der Waals surface area contributed by atoms with E-state index in [9.17, 15) is 9.90 Å². The van der Waals surface area contributed by atoms with Crippen LogP contribution in [0.1, 0.15) is 22.5 Å². The number of aromatic nitrogens is 4. The molecule has 8 heteroatoms. The van der Waals surface area contributed by atoms with Crippen LogP contribution in [0.2, 0.25) is 0 Å². The first-order valence-corrected chi connectivity index (χ1v) is 6.36. The van der Waals surface area contributed by atoms with E-state index in [1.807, 2.05) is 5.38 Å². The van der Waals surface area contributed by atoms with Gasteiger partial charge in [0.1, 0.15) is 11.2 Å². The molecule has 2 N–H and O–H groups in total. The van der Waals surface area contributed by atoms with E-state index in [-0.39, 0.29) is 12.5 Å². The van der Waals surface area contributed by atoms with E-state index in [0.717, 1.165) is 12.8 Å². The summed E-state index contributed by atoms with van der Waals surface area (Å²) in [7, 11) is 0. The lowest BCUT2D eigenvalue weighted by molar-refractivity contribution is 0.0911. The Bertz CT molecular complexity index is 561. The zero-order chi connectivity index (χ0) is 12.6. The summed E-state index contributed by atoms with van der Waals surface area (Å²) in [6, 6.07) is 1.79. The highest BCUT2D eigenvalue weighted by molar-refractivity contribution is 7.12. The van der Waals surface area contributed by atoms with Crippen LogP contribution in [0.5, 0.6) is 0 Å². The molecule has 0 bridgehead atoms. The normalized spacial score (nSPS) is 16.5. The molecule has 7 nitrogen and oxygen atoms in total. The van der Waals surface area contributed by atoms with Crippen LogP contribution in [0.3, 0.4) is 0 Å². The molecule has 2 heterocycles. The Labute approximate surface area is 106 Å². The predicted molar refractivity (Wildman–Crippen MR) is 63.5 cm³/mol. The van der Waals surface area contributed by atoms with Crippen LogP contribution in [0, 0.1) is 0 Å². The number of carbonyl (C=O) groups excluding carboxylic acids is 1. The molecule has 18 heavy (non-hydrogen) atoms. The summed E-state index contributed by atoms with van der Waals surface area (Å²) in [4.78, 5) is 12.7. The molecular weight excluding hydrogens is 254 g/mol. The number of thiophene rings is 1. The molecule has 1 amide bonds. The van der Waals surface area contributed by atoms with Crippen molar-refractivity contribution in [3.63, 3.8) is 0 Å². The van der Waals surface area contributed by atoms with Crippen LogP contribution >= 0.6 is 11.3 Å². The van der Waals surface area contributed by atoms with Crippen molar-refractivity contribution < 1.29 is 9.90 Å². The highest BCUT2D eigenvalue weighted by Crippen LogP contribution is 2.35. The number of tetrazole rings is 1. The quantitative estimate of drug-likeness (QED) is 0.810. The summed E-state index contributed by atoms with van der Waals surface area (Å²) in [5.74, 6) is -0.193. The van der Waals surface area contributed by atoms with Gasteiger partial charge in [-0.05, 0) is 34.7 Å². The number of carbonyl (C=O) groups is 1. The van der Waals surface area contributed by atoms with Crippen LogP contribution in [-0.2, 0) is 0 Å². The molecule has 0 aromatic carbocycles. The van der Waals surface area contributed by atoms with Crippen LogP contribution in [0.4, 0.5) is 0 Å². The van der Waals surface area contributed by atoms with Crippen molar-refractivity contribution in [1.82, 2.24) is 25.5 Å². The maximum Gasteiger partial charge on any atom is 0.264 e. The maximum atomic E-state index is 12.1. The lowest BCUT2D eigenvalue weighted by Gasteiger charge is -2.13. The number of hydrogen-bond donors (Lipinski definition) is 2. The third-order valence-electron chi connectivity index (χ3n) is 2.98. The molecule has 3 rings (SSSR count). The smallest absolute Gasteiger partial charge is 0.264 e. The Morgan fingerprint density at radius 2 is 2.44 bits per heavy atom. The monoisotopic (exact) mass is 265 g/mol. The molecule has 1 saturated carbocycles. The fraction of sp³-hybridized carbons (Fsp3) is 0.400. The summed E-state index contributed by atoms with van der Waals surface area (Å²) >= 11 is 1.32. The second kappa shape index (κ2) is 4.14. The summed E-state index contributed by atoms with van der Waals surface area (Å²) in [6.07, 6.45) is 3.08. The molecule has 0 aliphatic heterocycles. The van der Waals surface area contributed by atoms with Gasteiger partial charge in [0.25, 0.3) is 5.91 Å². The number of nitrogens with zero attached hydrogens (tertiary/aromatic N) is 4. The first-order chi connectivity index (χ1) is 8.74. The molecule has 1 aliphatic rings. The van der Waals surface area contributed by atoms with E-state index in [4.69, 9.17) is 0 Å². The van der Waals surface area contributed by atoms with Crippen molar-refractivity contribution in [3.8, 4) is 5.69 Å². The van der Waals surface area contributed by atoms with Gasteiger partial charge in [0.15, 0.2) is 0 Å². The lowest BCUT2D eigenvalue weighted by atomic mass is 10.2. The average Bonchev–Trinajstić information content (AvgIpc) is 2.86. The standard InChI is InChI=1S/C10H11N5O2S/c16-5-10(2-3-10)12-9(17)8-7(1-4-18-8)15-6-11-13-14-15/h1,4,6,16H,2-3,5H2,(H,12,17). The second-order valence-corrected chi connectivity index (χ2v) is 5.20. The lowest BCUT2D eigenvalue weighted by Crippen LogP contribution is -2.39. The molecule has 0 saturated heterocycles. The Hall–Kier alpha value is -1.80. The molecule has 1 fully saturated rings. The van der Waals surface area contributed by atoms with E-state index in [2.05, 4.69) is 20.8 Å². The summed E-state index contributed by atoms with van der Waals surface area (Å²) < 4.78 is 1.45. The minimum Gasteiger partial charge on any atom is -0.394 e. The van der Waals surface area contributed by atoms with Gasteiger partial charge in [0.05, 0.1) is 17.8 Å². The van der Waals surface area contributed by atoms with E-state index < -0.39 is 5.54 Å². The first kappa shape index (κ1) is 11.3. The van der Waals surface area contributed by atoms with Crippen molar-refractivity contribution in [2.75, 3.05) is 6.61 Å². The van der Waals surface area contributed by atoms with Crippen molar-refractivity contribution in [2.24, 2.45) is 0 Å². The first-order valence-electron chi connectivity index (χ1n) is 5.48. The number of aliphatic hydroxyl groups is 1. The molecule has 2 aromatic heterocycles. The molecule has 0 unspecified atom stereocenters. The van der Waals surface area contributed by atoms with Gasteiger partial charge < -0.3 is 10.4 Å². The fourth-order valence-electron chi connectivity index (χ4n) is 1.70. The van der Waals surface area contributed by atoms with Crippen LogP contribution in [0.25, 0.3) is 5.69 Å². The zero-order valence-electron chi connectivity index (χ0n) is 9.41. The van der Waals surface area contributed by atoms with E-state index in [1.54, 1.807) is 6.07 Å². The van der Waals surface area contributed by atoms with Gasteiger partial charge in [-0.25, -0.2) is 0 Å². The number of rotatable bonds is 4. The summed E-state index contributed by atoms with van der Waals surface area (Å²) in [5.41, 5.74) is 0.232. The van der Waals surface area contributed by atoms with Crippen LogP contribution in [-0.4, -0.2) is 43.4 Å². The zero-order valence-corrected chi connectivity index (χ0v) is 10.2. The molecule has 1 aliphatic carbocycles. The third kappa shape index (κ3) is 1.89. The van der Waals surface area contributed by atoms with Gasteiger partial charge in [-0.2, -0.15) is 4.68 Å². The number of amides is 1. The largest absolute Gasteiger partial charge is 0.394 e. The topological polar surface area (TPSA) is 92.9 Å². The molecular formula is C10H11N5O2S. The minimum atomic E-state index is -0.418. The average molecular weight is 265 g/mol. The van der Waals surface area contributed by atoms with E-state index in [0.29, 0.717) is 10.6 Å². The molecule has 0 radical (unpaired) electrons. The van der Waals surface area contributed by atoms with Gasteiger partial charge in [0, 0.05) is 0 Å². The summed E-state index contributed by atoms with van der Waals surface area (Å²) in [5, 5.41) is 24.7. The van der Waals surface area contributed by atoms with Gasteiger partial charge in [-0.3, -0.25) is 4.79 Å². The van der Waals surface area contributed by atoms with Crippen LogP contribution in [0.15, 0.2) is 17.8 Å². The van der Waals surface area contributed by atoms with Gasteiger partial charge in [-0.15, -0.1) is 16.4 Å². The Balaban J connectivity index is 1.85. The minimum absolute atomic E-state index is 0.0235. The maximum absolute atomic E-state index is 12.1. The van der Waals surface area contributed by atoms with E-state index >= 15 is 0 Å². The fourth-order valence-corrected chi connectivity index (χ4v) is 2.47. The number of hydrogen-bond acceptors (Lipinski definition) is 6. The van der Waals surface area contributed by atoms with Gasteiger partial charge >= 0.3 is 0 Å². The molecule has 0 atom stereocenters. The van der Waals surface area contributed by atoms with Crippen LogP contribution < -0.4 is 5.32 Å². The molecule has 0 spiro atoms. The van der Waals surface area contributed by atoms with Crippen molar-refractivity contribution in [2.45, 2.75) is 18.4 Å². The number of nitrogens with one attached hydrogen (secondary N) is 1. The Morgan fingerprint density at radius 1 is 1.61 bits per heavy atom. The highest BCUT2D eigenvalue weighted by atomic mass is 32.1.